The molecular weight excluding hydrogens is 652 g/mol. The van der Waals surface area contributed by atoms with Crippen molar-refractivity contribution in [3.63, 3.8) is 0 Å². The Kier molecular flexibility index (Phi) is 13.2. The number of aliphatic hydroxyl groups is 1. The number of nitrogens with one attached hydrogen (secondary N) is 3. The first-order chi connectivity index (χ1) is 23.7. The van der Waals surface area contributed by atoms with Crippen LogP contribution >= 0.6 is 0 Å². The van der Waals surface area contributed by atoms with Crippen molar-refractivity contribution < 1.29 is 37.1 Å². The summed E-state index contributed by atoms with van der Waals surface area (Å²) in [6.07, 6.45) is -3.97. The maximum absolute atomic E-state index is 14.3. The van der Waals surface area contributed by atoms with Crippen LogP contribution in [0.4, 0.5) is 17.6 Å². The Morgan fingerprint density at radius 3 is 2.22 bits per heavy atom. The quantitative estimate of drug-likeness (QED) is 0.154. The van der Waals surface area contributed by atoms with Crippen molar-refractivity contribution in [2.24, 2.45) is 5.92 Å². The van der Waals surface area contributed by atoms with Crippen LogP contribution in [0.2, 0.25) is 0 Å². The summed E-state index contributed by atoms with van der Waals surface area (Å²) in [6, 6.07) is 19.2. The summed E-state index contributed by atoms with van der Waals surface area (Å²) in [7, 11) is 0. The van der Waals surface area contributed by atoms with Crippen LogP contribution in [0.1, 0.15) is 62.3 Å². The van der Waals surface area contributed by atoms with E-state index >= 15 is 0 Å². The molecule has 1 aliphatic heterocycles. The highest BCUT2D eigenvalue weighted by Gasteiger charge is 2.53. The van der Waals surface area contributed by atoms with Gasteiger partial charge >= 0.3 is 6.18 Å². The van der Waals surface area contributed by atoms with E-state index in [2.05, 4.69) is 16.0 Å². The lowest BCUT2D eigenvalue weighted by atomic mass is 9.81. The molecule has 8 nitrogen and oxygen atoms in total. The molecule has 12 heteroatoms. The van der Waals surface area contributed by atoms with Crippen molar-refractivity contribution in [1.82, 2.24) is 20.9 Å². The largest absolute Gasteiger partial charge is 0.416 e. The van der Waals surface area contributed by atoms with Gasteiger partial charge in [-0.25, -0.2) is 4.39 Å². The number of hydrogen-bond acceptors (Lipinski definition) is 5. The van der Waals surface area contributed by atoms with Crippen molar-refractivity contribution >= 4 is 17.7 Å². The number of halogens is 4. The van der Waals surface area contributed by atoms with E-state index in [-0.39, 0.29) is 55.8 Å². The number of benzene rings is 3. The maximum atomic E-state index is 14.3. The Balaban J connectivity index is 1.57. The normalized spacial score (nSPS) is 18.7. The molecular formula is C38H46F4N4O4. The van der Waals surface area contributed by atoms with E-state index in [9.17, 15) is 37.1 Å². The second kappa shape index (κ2) is 17.1. The molecule has 1 fully saturated rings. The number of likely N-dealkylation sites (tertiary alicyclic amines) is 1. The molecule has 1 unspecified atom stereocenters. The fraction of sp³-hybridized carbons (Fsp3) is 0.447. The second-order valence-electron chi connectivity index (χ2n) is 13.1. The number of aryl methyl sites for hydroxylation is 1. The number of amides is 3. The van der Waals surface area contributed by atoms with E-state index in [1.54, 1.807) is 0 Å². The van der Waals surface area contributed by atoms with Crippen LogP contribution < -0.4 is 16.0 Å². The summed E-state index contributed by atoms with van der Waals surface area (Å²) in [5.74, 6) is -2.36. The van der Waals surface area contributed by atoms with Gasteiger partial charge in [-0.3, -0.25) is 14.4 Å². The second-order valence-corrected chi connectivity index (χ2v) is 13.1. The van der Waals surface area contributed by atoms with Crippen LogP contribution in [0.5, 0.6) is 0 Å². The molecule has 0 aliphatic carbocycles. The molecule has 5 atom stereocenters. The zero-order valence-electron chi connectivity index (χ0n) is 28.6. The third-order valence-electron chi connectivity index (χ3n) is 9.53. The first-order valence-electron chi connectivity index (χ1n) is 17.0. The minimum absolute atomic E-state index is 0.0469. The molecule has 0 spiro atoms. The minimum Gasteiger partial charge on any atom is -0.390 e. The van der Waals surface area contributed by atoms with Crippen LogP contribution in [0.15, 0.2) is 78.9 Å². The molecule has 50 heavy (non-hydrogen) atoms. The van der Waals surface area contributed by atoms with E-state index in [4.69, 9.17) is 0 Å². The predicted molar refractivity (Wildman–Crippen MR) is 182 cm³/mol. The highest BCUT2D eigenvalue weighted by molar-refractivity contribution is 5.96. The van der Waals surface area contributed by atoms with Gasteiger partial charge in [-0.15, -0.1) is 0 Å². The molecule has 270 valence electrons. The highest BCUT2D eigenvalue weighted by atomic mass is 19.4. The fourth-order valence-electron chi connectivity index (χ4n) is 6.65. The van der Waals surface area contributed by atoms with Crippen molar-refractivity contribution in [2.45, 2.75) is 89.3 Å². The Morgan fingerprint density at radius 2 is 1.62 bits per heavy atom. The van der Waals surface area contributed by atoms with Crippen LogP contribution in [0.3, 0.4) is 0 Å². The molecule has 4 N–H and O–H groups in total. The summed E-state index contributed by atoms with van der Waals surface area (Å²) in [4.78, 5) is 42.3. The standard InChI is InChI=1S/C38H46F4N4O4/c1-4-25(2)37(45-26(3)47)17-18-46(36(37)50)33(16-15-27-11-7-5-8-12-27)35(49)44-32(21-28-13-9-6-10-14-28)34(48)24-43-23-29-19-30(38(40,41)42)22-31(39)20-29/h5-14,19-20,22,25,32-34,43,48H,4,15-18,21,23-24H2,1-3H3,(H,44,49)(H,45,47)/t25-,32-,33+,34?,37-/m0/s1. The summed E-state index contributed by atoms with van der Waals surface area (Å²) in [5.41, 5.74) is -0.426. The zero-order chi connectivity index (χ0) is 36.5. The van der Waals surface area contributed by atoms with Crippen molar-refractivity contribution in [1.29, 1.82) is 0 Å². The molecule has 3 aromatic rings. The lowest BCUT2D eigenvalue weighted by molar-refractivity contribution is -0.144. The predicted octanol–water partition coefficient (Wildman–Crippen LogP) is 5.18. The van der Waals surface area contributed by atoms with Gasteiger partial charge in [0.1, 0.15) is 17.4 Å². The monoisotopic (exact) mass is 698 g/mol. The molecule has 0 saturated carbocycles. The van der Waals surface area contributed by atoms with Gasteiger partial charge < -0.3 is 26.0 Å². The average molecular weight is 699 g/mol. The molecule has 1 heterocycles. The molecule has 1 aliphatic rings. The van der Waals surface area contributed by atoms with Gasteiger partial charge in [0.05, 0.1) is 17.7 Å². The number of hydrogen-bond donors (Lipinski definition) is 4. The molecule has 4 rings (SSSR count). The molecule has 3 aromatic carbocycles. The SMILES string of the molecule is CC[C@H](C)[C@@]1(NC(C)=O)CCN([C@H](CCc2ccccc2)C(=O)N[C@@H](Cc2ccccc2)C(O)CNCc2cc(F)cc(C(F)(F)F)c2)C1=O. The van der Waals surface area contributed by atoms with Crippen LogP contribution in [-0.2, 0) is 39.9 Å². The van der Waals surface area contributed by atoms with E-state index in [1.807, 2.05) is 74.5 Å². The van der Waals surface area contributed by atoms with E-state index in [0.29, 0.717) is 25.3 Å². The van der Waals surface area contributed by atoms with E-state index < -0.39 is 47.2 Å². The summed E-state index contributed by atoms with van der Waals surface area (Å²) in [6.45, 7) is 5.17. The maximum Gasteiger partial charge on any atom is 0.416 e. The Morgan fingerprint density at radius 1 is 0.980 bits per heavy atom. The van der Waals surface area contributed by atoms with Gasteiger partial charge in [0.2, 0.25) is 17.7 Å². The van der Waals surface area contributed by atoms with E-state index in [1.165, 1.54) is 11.8 Å². The summed E-state index contributed by atoms with van der Waals surface area (Å²) >= 11 is 0. The summed E-state index contributed by atoms with van der Waals surface area (Å²) in [5, 5.41) is 20.1. The van der Waals surface area contributed by atoms with Crippen LogP contribution in [0, 0.1) is 11.7 Å². The van der Waals surface area contributed by atoms with Gasteiger partial charge in [-0.05, 0) is 66.5 Å². The first-order valence-corrected chi connectivity index (χ1v) is 17.0. The Hall–Kier alpha value is -4.29. The molecule has 0 bridgehead atoms. The Labute approximate surface area is 290 Å². The van der Waals surface area contributed by atoms with Crippen molar-refractivity contribution in [2.75, 3.05) is 13.1 Å². The van der Waals surface area contributed by atoms with Crippen molar-refractivity contribution in [3.8, 4) is 0 Å². The number of carbonyl (C=O) groups is 3. The molecule has 3 amide bonds. The lowest BCUT2D eigenvalue weighted by Gasteiger charge is -2.36. The summed E-state index contributed by atoms with van der Waals surface area (Å²) < 4.78 is 53.7. The number of nitrogens with zero attached hydrogens (tertiary/aromatic N) is 1. The van der Waals surface area contributed by atoms with Gasteiger partial charge in [0, 0.05) is 26.6 Å². The molecule has 1 saturated heterocycles. The molecule has 0 aromatic heterocycles. The Bertz CT molecular complexity index is 1590. The van der Waals surface area contributed by atoms with Gasteiger partial charge in [-0.1, -0.05) is 80.9 Å². The van der Waals surface area contributed by atoms with Gasteiger partial charge in [0.25, 0.3) is 0 Å². The van der Waals surface area contributed by atoms with Crippen molar-refractivity contribution in [3.05, 3.63) is 107 Å². The third-order valence-corrected chi connectivity index (χ3v) is 9.53. The topological polar surface area (TPSA) is 111 Å². The highest BCUT2D eigenvalue weighted by Crippen LogP contribution is 2.35. The smallest absolute Gasteiger partial charge is 0.390 e. The van der Waals surface area contributed by atoms with Gasteiger partial charge in [-0.2, -0.15) is 13.2 Å². The van der Waals surface area contributed by atoms with Crippen LogP contribution in [-0.4, -0.2) is 64.5 Å². The molecule has 0 radical (unpaired) electrons. The lowest BCUT2D eigenvalue weighted by Crippen LogP contribution is -2.60. The van der Waals surface area contributed by atoms with E-state index in [0.717, 1.165) is 23.3 Å². The number of alkyl halides is 3. The van der Waals surface area contributed by atoms with Gasteiger partial charge in [0.15, 0.2) is 0 Å². The average Bonchev–Trinajstić information content (AvgIpc) is 3.39. The number of rotatable bonds is 16. The number of aliphatic hydroxyl groups excluding tert-OH is 1. The number of carbonyl (C=O) groups excluding carboxylic acids is 3. The minimum atomic E-state index is -4.72. The first kappa shape index (κ1) is 38.5. The third kappa shape index (κ3) is 9.91. The fourth-order valence-corrected chi connectivity index (χ4v) is 6.65. The zero-order valence-corrected chi connectivity index (χ0v) is 28.6. The van der Waals surface area contributed by atoms with Crippen LogP contribution in [0.25, 0.3) is 0 Å².